The van der Waals surface area contributed by atoms with E-state index < -0.39 is 0 Å². The number of nitrogens with two attached hydrogens (primary N) is 1. The van der Waals surface area contributed by atoms with Gasteiger partial charge in [-0.1, -0.05) is 18.2 Å². The fourth-order valence-corrected chi connectivity index (χ4v) is 1.90. The van der Waals surface area contributed by atoms with E-state index in [4.69, 9.17) is 10.6 Å². The number of nitrogens with zero attached hydrogens (tertiary/aromatic N) is 1. The smallest absolute Gasteiger partial charge is 0.265 e. The number of carbonyl (C=O) groups is 1. The van der Waals surface area contributed by atoms with Crippen molar-refractivity contribution in [1.29, 1.82) is 0 Å². The van der Waals surface area contributed by atoms with E-state index in [0.29, 0.717) is 12.2 Å². The number of amides is 1. The van der Waals surface area contributed by atoms with E-state index in [2.05, 4.69) is 22.5 Å². The van der Waals surface area contributed by atoms with Crippen molar-refractivity contribution >= 4 is 11.6 Å². The molecule has 0 bridgehead atoms. The van der Waals surface area contributed by atoms with Gasteiger partial charge in [0.25, 0.3) is 5.91 Å². The zero-order chi connectivity index (χ0) is 15.1. The number of benzene rings is 2. The average Bonchev–Trinajstić information content (AvgIpc) is 2.55. The number of anilines is 1. The number of ether oxygens (including phenoxy) is 1. The van der Waals surface area contributed by atoms with Crippen molar-refractivity contribution in [2.75, 3.05) is 25.1 Å². The van der Waals surface area contributed by atoms with E-state index in [1.807, 2.05) is 25.2 Å². The molecule has 0 atom stereocenters. The van der Waals surface area contributed by atoms with Gasteiger partial charge in [-0.25, -0.2) is 5.84 Å². The number of likely N-dealkylation sites (N-methyl/N-ethyl adjacent to an activating group) is 1. The summed E-state index contributed by atoms with van der Waals surface area (Å²) in [6, 6.07) is 17.0. The van der Waals surface area contributed by atoms with Crippen LogP contribution in [-0.2, 0) is 0 Å². The molecule has 0 radical (unpaired) electrons. The maximum atomic E-state index is 11.3. The van der Waals surface area contributed by atoms with Gasteiger partial charge in [-0.2, -0.15) is 0 Å². The number of hydrazine groups is 1. The minimum Gasteiger partial charge on any atom is -0.492 e. The van der Waals surface area contributed by atoms with Gasteiger partial charge >= 0.3 is 0 Å². The van der Waals surface area contributed by atoms with Crippen molar-refractivity contribution in [1.82, 2.24) is 5.43 Å². The number of para-hydroxylation sites is 1. The topological polar surface area (TPSA) is 67.6 Å². The normalized spacial score (nSPS) is 10.0. The second-order valence-electron chi connectivity index (χ2n) is 4.60. The maximum absolute atomic E-state index is 11.3. The van der Waals surface area contributed by atoms with Gasteiger partial charge in [0.1, 0.15) is 12.4 Å². The standard InChI is InChI=1S/C16H19N3O2/c1-19(14-5-3-2-4-6-14)11-12-21-15-9-7-13(8-10-15)16(20)18-17/h2-10H,11-12,17H2,1H3,(H,18,20). The summed E-state index contributed by atoms with van der Waals surface area (Å²) in [5.74, 6) is 5.49. The van der Waals surface area contributed by atoms with E-state index in [1.165, 1.54) is 0 Å². The monoisotopic (exact) mass is 285 g/mol. The Labute approximate surface area is 124 Å². The summed E-state index contributed by atoms with van der Waals surface area (Å²) in [6.45, 7) is 1.34. The molecule has 3 N–H and O–H groups in total. The summed E-state index contributed by atoms with van der Waals surface area (Å²) >= 11 is 0. The van der Waals surface area contributed by atoms with E-state index >= 15 is 0 Å². The largest absolute Gasteiger partial charge is 0.492 e. The number of nitrogens with one attached hydrogen (secondary N) is 1. The quantitative estimate of drug-likeness (QED) is 0.482. The zero-order valence-electron chi connectivity index (χ0n) is 12.0. The Morgan fingerprint density at radius 3 is 2.43 bits per heavy atom. The highest BCUT2D eigenvalue weighted by Gasteiger charge is 2.04. The van der Waals surface area contributed by atoms with Crippen LogP contribution in [0.5, 0.6) is 5.75 Å². The van der Waals surface area contributed by atoms with Gasteiger partial charge in [-0.3, -0.25) is 10.2 Å². The molecular weight excluding hydrogens is 266 g/mol. The summed E-state index contributed by atoms with van der Waals surface area (Å²) < 4.78 is 5.66. The van der Waals surface area contributed by atoms with Crippen molar-refractivity contribution < 1.29 is 9.53 Å². The van der Waals surface area contributed by atoms with Crippen LogP contribution in [-0.4, -0.2) is 26.1 Å². The summed E-state index contributed by atoms with van der Waals surface area (Å²) in [5, 5.41) is 0. The lowest BCUT2D eigenvalue weighted by Crippen LogP contribution is -2.29. The lowest BCUT2D eigenvalue weighted by atomic mass is 10.2. The van der Waals surface area contributed by atoms with Crippen LogP contribution in [0.1, 0.15) is 10.4 Å². The summed E-state index contributed by atoms with van der Waals surface area (Å²) in [6.07, 6.45) is 0. The maximum Gasteiger partial charge on any atom is 0.265 e. The fraction of sp³-hybridized carbons (Fsp3) is 0.188. The number of nitrogen functional groups attached to an aromatic ring is 1. The third-order valence-electron chi connectivity index (χ3n) is 3.14. The molecule has 0 aromatic heterocycles. The van der Waals surface area contributed by atoms with Crippen LogP contribution in [0.3, 0.4) is 0 Å². The van der Waals surface area contributed by atoms with E-state index in [-0.39, 0.29) is 5.91 Å². The molecule has 0 saturated carbocycles. The Kier molecular flexibility index (Phi) is 5.17. The first-order valence-corrected chi connectivity index (χ1v) is 6.70. The van der Waals surface area contributed by atoms with Crippen molar-refractivity contribution in [2.45, 2.75) is 0 Å². The molecule has 0 aliphatic carbocycles. The van der Waals surface area contributed by atoms with Gasteiger partial charge in [0.2, 0.25) is 0 Å². The molecule has 0 fully saturated rings. The highest BCUT2D eigenvalue weighted by molar-refractivity contribution is 5.93. The summed E-state index contributed by atoms with van der Waals surface area (Å²) in [5.41, 5.74) is 3.75. The Morgan fingerprint density at radius 2 is 1.81 bits per heavy atom. The van der Waals surface area contributed by atoms with E-state index in [0.717, 1.165) is 18.0 Å². The summed E-state index contributed by atoms with van der Waals surface area (Å²) in [4.78, 5) is 13.4. The second kappa shape index (κ2) is 7.31. The molecule has 110 valence electrons. The molecule has 0 saturated heterocycles. The zero-order valence-corrected chi connectivity index (χ0v) is 12.0. The van der Waals surface area contributed by atoms with E-state index in [1.54, 1.807) is 24.3 Å². The van der Waals surface area contributed by atoms with Gasteiger partial charge in [-0.15, -0.1) is 0 Å². The third-order valence-corrected chi connectivity index (χ3v) is 3.14. The number of hydrogen-bond donors (Lipinski definition) is 2. The lowest BCUT2D eigenvalue weighted by molar-refractivity contribution is 0.0953. The molecule has 21 heavy (non-hydrogen) atoms. The van der Waals surface area contributed by atoms with Gasteiger partial charge in [0.15, 0.2) is 0 Å². The molecule has 0 aliphatic heterocycles. The first kappa shape index (κ1) is 14.9. The number of hydrogen-bond acceptors (Lipinski definition) is 4. The SMILES string of the molecule is CN(CCOc1ccc(C(=O)NN)cc1)c1ccccc1. The van der Waals surface area contributed by atoms with Gasteiger partial charge < -0.3 is 9.64 Å². The molecule has 2 rings (SSSR count). The molecule has 1 amide bonds. The molecule has 5 nitrogen and oxygen atoms in total. The van der Waals surface area contributed by atoms with Crippen LogP contribution >= 0.6 is 0 Å². The van der Waals surface area contributed by atoms with E-state index in [9.17, 15) is 4.79 Å². The Balaban J connectivity index is 1.82. The third kappa shape index (κ3) is 4.22. The molecular formula is C16H19N3O2. The predicted molar refractivity (Wildman–Crippen MR) is 83.3 cm³/mol. The highest BCUT2D eigenvalue weighted by atomic mass is 16.5. The Morgan fingerprint density at radius 1 is 1.14 bits per heavy atom. The Hall–Kier alpha value is -2.53. The molecule has 2 aromatic carbocycles. The molecule has 0 unspecified atom stereocenters. The summed E-state index contributed by atoms with van der Waals surface area (Å²) in [7, 11) is 2.02. The molecule has 0 aliphatic rings. The minimum atomic E-state index is -0.314. The Bertz CT molecular complexity index is 570. The first-order chi connectivity index (χ1) is 10.2. The van der Waals surface area contributed by atoms with Crippen LogP contribution in [0.2, 0.25) is 0 Å². The van der Waals surface area contributed by atoms with Gasteiger partial charge in [-0.05, 0) is 36.4 Å². The number of rotatable bonds is 6. The van der Waals surface area contributed by atoms with Crippen LogP contribution in [0, 0.1) is 0 Å². The average molecular weight is 285 g/mol. The molecule has 0 spiro atoms. The van der Waals surface area contributed by atoms with Crippen molar-refractivity contribution in [3.63, 3.8) is 0 Å². The predicted octanol–water partition coefficient (Wildman–Crippen LogP) is 1.81. The van der Waals surface area contributed by atoms with Crippen molar-refractivity contribution in [3.8, 4) is 5.75 Å². The van der Waals surface area contributed by atoms with Gasteiger partial charge in [0, 0.05) is 18.3 Å². The van der Waals surface area contributed by atoms with Crippen LogP contribution in [0.15, 0.2) is 54.6 Å². The molecule has 0 heterocycles. The van der Waals surface area contributed by atoms with Crippen LogP contribution < -0.4 is 20.9 Å². The minimum absolute atomic E-state index is 0.314. The first-order valence-electron chi connectivity index (χ1n) is 6.70. The highest BCUT2D eigenvalue weighted by Crippen LogP contribution is 2.13. The number of carbonyl (C=O) groups excluding carboxylic acids is 1. The fourth-order valence-electron chi connectivity index (χ4n) is 1.90. The molecule has 2 aromatic rings. The van der Waals surface area contributed by atoms with Crippen molar-refractivity contribution in [2.24, 2.45) is 5.84 Å². The second-order valence-corrected chi connectivity index (χ2v) is 4.60. The lowest BCUT2D eigenvalue weighted by Gasteiger charge is -2.19. The van der Waals surface area contributed by atoms with Crippen molar-refractivity contribution in [3.05, 3.63) is 60.2 Å². The van der Waals surface area contributed by atoms with Crippen LogP contribution in [0.4, 0.5) is 5.69 Å². The molecule has 5 heteroatoms. The van der Waals surface area contributed by atoms with Crippen LogP contribution in [0.25, 0.3) is 0 Å². The van der Waals surface area contributed by atoms with Gasteiger partial charge in [0.05, 0.1) is 6.54 Å².